The van der Waals surface area contributed by atoms with Crippen molar-refractivity contribution in [1.29, 1.82) is 0 Å². The monoisotopic (exact) mass is 239 g/mol. The van der Waals surface area contributed by atoms with Gasteiger partial charge in [-0.3, -0.25) is 10.1 Å². The Labute approximate surface area is 89.4 Å². The number of nitrogens with zero attached hydrogens (tertiary/aromatic N) is 1. The van der Waals surface area contributed by atoms with Crippen molar-refractivity contribution in [3.8, 4) is 0 Å². The zero-order valence-electron chi connectivity index (χ0n) is 6.47. The molecule has 1 aromatic rings. The number of nitro groups is 1. The van der Waals surface area contributed by atoms with Gasteiger partial charge in [0.2, 0.25) is 0 Å². The zero-order valence-corrected chi connectivity index (χ0v) is 8.74. The third-order valence-electron chi connectivity index (χ3n) is 1.55. The van der Waals surface area contributed by atoms with Crippen LogP contribution in [0.15, 0.2) is 6.07 Å². The van der Waals surface area contributed by atoms with E-state index in [1.807, 2.05) is 0 Å². The summed E-state index contributed by atoms with van der Waals surface area (Å²) in [6, 6.07) is 1.14. The number of hydrogen-bond acceptors (Lipinski definition) is 2. The molecule has 0 atom stereocenters. The van der Waals surface area contributed by atoms with E-state index < -0.39 is 4.92 Å². The van der Waals surface area contributed by atoms with Gasteiger partial charge in [-0.1, -0.05) is 34.8 Å². The highest BCUT2D eigenvalue weighted by Crippen LogP contribution is 2.37. The Balaban J connectivity index is 3.50. The fourth-order valence-corrected chi connectivity index (χ4v) is 1.51. The van der Waals surface area contributed by atoms with Gasteiger partial charge in [0, 0.05) is 6.07 Å². The molecule has 1 rings (SSSR count). The Hall–Kier alpha value is -0.510. The molecule has 0 saturated carbocycles. The Morgan fingerprint density at radius 3 is 2.31 bits per heavy atom. The van der Waals surface area contributed by atoms with Crippen LogP contribution in [0.25, 0.3) is 0 Å². The van der Waals surface area contributed by atoms with E-state index in [0.717, 1.165) is 6.07 Å². The van der Waals surface area contributed by atoms with Gasteiger partial charge in [-0.05, 0) is 12.5 Å². The van der Waals surface area contributed by atoms with Gasteiger partial charge >= 0.3 is 0 Å². The number of nitro benzene ring substituents is 1. The van der Waals surface area contributed by atoms with E-state index in [2.05, 4.69) is 0 Å². The van der Waals surface area contributed by atoms with Crippen molar-refractivity contribution in [3.05, 3.63) is 36.8 Å². The van der Waals surface area contributed by atoms with Crippen LogP contribution in [0.1, 0.15) is 5.56 Å². The van der Waals surface area contributed by atoms with E-state index in [0.29, 0.717) is 5.56 Å². The second kappa shape index (κ2) is 3.70. The minimum Gasteiger partial charge on any atom is -0.258 e. The maximum absolute atomic E-state index is 10.5. The molecule has 13 heavy (non-hydrogen) atoms. The van der Waals surface area contributed by atoms with E-state index >= 15 is 0 Å². The summed E-state index contributed by atoms with van der Waals surface area (Å²) < 4.78 is 0. The van der Waals surface area contributed by atoms with Crippen LogP contribution in [0.3, 0.4) is 0 Å². The molecule has 0 aliphatic heterocycles. The van der Waals surface area contributed by atoms with Crippen molar-refractivity contribution in [1.82, 2.24) is 0 Å². The van der Waals surface area contributed by atoms with E-state index in [-0.39, 0.29) is 20.8 Å². The minimum atomic E-state index is -0.600. The lowest BCUT2D eigenvalue weighted by atomic mass is 10.2. The molecule has 6 heteroatoms. The first-order chi connectivity index (χ1) is 5.95. The van der Waals surface area contributed by atoms with Crippen molar-refractivity contribution in [2.45, 2.75) is 6.92 Å². The van der Waals surface area contributed by atoms with E-state index in [9.17, 15) is 10.1 Å². The molecule has 0 bridgehead atoms. The van der Waals surface area contributed by atoms with Crippen molar-refractivity contribution < 1.29 is 4.92 Å². The number of halogens is 3. The average molecular weight is 240 g/mol. The van der Waals surface area contributed by atoms with Crippen LogP contribution in [-0.4, -0.2) is 4.92 Å². The smallest absolute Gasteiger partial charge is 0.258 e. The lowest BCUT2D eigenvalue weighted by molar-refractivity contribution is -0.384. The topological polar surface area (TPSA) is 43.1 Å². The first-order valence-electron chi connectivity index (χ1n) is 3.23. The highest BCUT2D eigenvalue weighted by molar-refractivity contribution is 6.44. The highest BCUT2D eigenvalue weighted by atomic mass is 35.5. The predicted octanol–water partition coefficient (Wildman–Crippen LogP) is 3.86. The summed E-state index contributed by atoms with van der Waals surface area (Å²) in [5, 5.41) is 10.9. The standard InChI is InChI=1S/C7H4Cl3NO2/c1-3-6(9)4(8)2-5(7(3)10)11(12)13/h2H,1H3. The second-order valence-electron chi connectivity index (χ2n) is 2.39. The van der Waals surface area contributed by atoms with Crippen molar-refractivity contribution >= 4 is 40.5 Å². The SMILES string of the molecule is Cc1c(Cl)c(Cl)cc([N+](=O)[O-])c1Cl. The summed E-state index contributed by atoms with van der Waals surface area (Å²) in [6.07, 6.45) is 0. The summed E-state index contributed by atoms with van der Waals surface area (Å²) in [5.41, 5.74) is 0.191. The fraction of sp³-hybridized carbons (Fsp3) is 0.143. The molecule has 0 aliphatic carbocycles. The summed E-state index contributed by atoms with van der Waals surface area (Å²) in [4.78, 5) is 9.86. The van der Waals surface area contributed by atoms with Crippen molar-refractivity contribution in [2.24, 2.45) is 0 Å². The van der Waals surface area contributed by atoms with Crippen molar-refractivity contribution in [2.75, 3.05) is 0 Å². The van der Waals surface area contributed by atoms with Gasteiger partial charge in [0.15, 0.2) is 0 Å². The molecular weight excluding hydrogens is 236 g/mol. The van der Waals surface area contributed by atoms with Crippen LogP contribution >= 0.6 is 34.8 Å². The molecule has 0 spiro atoms. The maximum atomic E-state index is 10.5. The molecule has 0 N–H and O–H groups in total. The lowest BCUT2D eigenvalue weighted by Gasteiger charge is -2.03. The van der Waals surface area contributed by atoms with Gasteiger partial charge in [0.05, 0.1) is 15.0 Å². The Morgan fingerprint density at radius 1 is 1.31 bits per heavy atom. The molecule has 0 radical (unpaired) electrons. The van der Waals surface area contributed by atoms with Crippen LogP contribution in [0.4, 0.5) is 5.69 Å². The van der Waals surface area contributed by atoms with Crippen molar-refractivity contribution in [3.63, 3.8) is 0 Å². The molecular formula is C7H4Cl3NO2. The summed E-state index contributed by atoms with van der Waals surface area (Å²) in [7, 11) is 0. The summed E-state index contributed by atoms with van der Waals surface area (Å²) in [5.74, 6) is 0. The Morgan fingerprint density at radius 2 is 1.85 bits per heavy atom. The number of rotatable bonds is 1. The Kier molecular flexibility index (Phi) is 3.01. The Bertz CT molecular complexity index is 378. The summed E-state index contributed by atoms with van der Waals surface area (Å²) in [6.45, 7) is 1.57. The zero-order chi connectivity index (χ0) is 10.2. The van der Waals surface area contributed by atoms with Crippen LogP contribution in [-0.2, 0) is 0 Å². The maximum Gasteiger partial charge on any atom is 0.289 e. The highest BCUT2D eigenvalue weighted by Gasteiger charge is 2.18. The van der Waals surface area contributed by atoms with Crippen LogP contribution in [0.2, 0.25) is 15.1 Å². The molecule has 0 unspecified atom stereocenters. The molecule has 0 saturated heterocycles. The van der Waals surface area contributed by atoms with Crippen LogP contribution < -0.4 is 0 Å². The first-order valence-corrected chi connectivity index (χ1v) is 4.37. The third-order valence-corrected chi connectivity index (χ3v) is 2.91. The molecule has 0 fully saturated rings. The van der Waals surface area contributed by atoms with E-state index in [4.69, 9.17) is 34.8 Å². The number of hydrogen-bond donors (Lipinski definition) is 0. The molecule has 3 nitrogen and oxygen atoms in total. The lowest BCUT2D eigenvalue weighted by Crippen LogP contribution is -1.92. The van der Waals surface area contributed by atoms with E-state index in [1.165, 1.54) is 0 Å². The molecule has 0 amide bonds. The molecule has 1 aromatic carbocycles. The van der Waals surface area contributed by atoms with Gasteiger partial charge < -0.3 is 0 Å². The van der Waals surface area contributed by atoms with Gasteiger partial charge in [-0.2, -0.15) is 0 Å². The minimum absolute atomic E-state index is 0.0272. The fourth-order valence-electron chi connectivity index (χ4n) is 0.847. The van der Waals surface area contributed by atoms with Gasteiger partial charge in [0.25, 0.3) is 5.69 Å². The van der Waals surface area contributed by atoms with Crippen LogP contribution in [0.5, 0.6) is 0 Å². The van der Waals surface area contributed by atoms with Crippen LogP contribution in [0, 0.1) is 17.0 Å². The molecule has 0 heterocycles. The largest absolute Gasteiger partial charge is 0.289 e. The average Bonchev–Trinajstić information content (AvgIpc) is 2.07. The van der Waals surface area contributed by atoms with Gasteiger partial charge in [-0.15, -0.1) is 0 Å². The van der Waals surface area contributed by atoms with Gasteiger partial charge in [0.1, 0.15) is 5.02 Å². The molecule has 0 aromatic heterocycles. The molecule has 70 valence electrons. The first kappa shape index (κ1) is 10.6. The van der Waals surface area contributed by atoms with Gasteiger partial charge in [-0.25, -0.2) is 0 Å². The quantitative estimate of drug-likeness (QED) is 0.425. The second-order valence-corrected chi connectivity index (χ2v) is 3.55. The van der Waals surface area contributed by atoms with E-state index in [1.54, 1.807) is 6.92 Å². The normalized spacial score (nSPS) is 10.2. The summed E-state index contributed by atoms with van der Waals surface area (Å²) >= 11 is 17.0. The third kappa shape index (κ3) is 1.88. The molecule has 0 aliphatic rings. The predicted molar refractivity (Wildman–Crippen MR) is 52.9 cm³/mol. The number of benzene rings is 1.